The fourth-order valence-electron chi connectivity index (χ4n) is 4.73. The zero-order valence-corrected chi connectivity index (χ0v) is 21.8. The number of carboxylic acid groups (broad SMARTS) is 1. The maximum atomic E-state index is 15.3. The Morgan fingerprint density at radius 2 is 1.91 bits per heavy atom. The van der Waals surface area contributed by atoms with Crippen LogP contribution in [-0.4, -0.2) is 15.6 Å². The van der Waals surface area contributed by atoms with E-state index in [0.717, 1.165) is 31.8 Å². The Labute approximate surface area is 220 Å². The monoisotopic (exact) mass is 551 g/mol. The van der Waals surface area contributed by atoms with Gasteiger partial charge in [-0.1, -0.05) is 59.7 Å². The van der Waals surface area contributed by atoms with E-state index in [-0.39, 0.29) is 23.8 Å². The fraction of sp³-hybridized carbons (Fsp3) is 0.269. The molecule has 0 radical (unpaired) electrons. The molecule has 0 fully saturated rings. The predicted molar refractivity (Wildman–Crippen MR) is 139 cm³/mol. The summed E-state index contributed by atoms with van der Waals surface area (Å²) in [7, 11) is 0. The highest BCUT2D eigenvalue weighted by Crippen LogP contribution is 2.52. The van der Waals surface area contributed by atoms with Crippen molar-refractivity contribution in [2.45, 2.75) is 53.3 Å². The number of carboxylic acids is 1. The van der Waals surface area contributed by atoms with Gasteiger partial charge in [-0.25, -0.2) is 8.78 Å². The van der Waals surface area contributed by atoms with Crippen LogP contribution in [0.5, 0.6) is 0 Å². The van der Waals surface area contributed by atoms with Crippen LogP contribution >= 0.6 is 46.7 Å². The largest absolute Gasteiger partial charge is 0.481 e. The van der Waals surface area contributed by atoms with Gasteiger partial charge in [-0.15, -0.1) is 0 Å². The summed E-state index contributed by atoms with van der Waals surface area (Å²) in [4.78, 5) is 14.9. The van der Waals surface area contributed by atoms with Crippen LogP contribution in [0.25, 0.3) is 10.9 Å². The summed E-state index contributed by atoms with van der Waals surface area (Å²) < 4.78 is 32.0. The van der Waals surface area contributed by atoms with E-state index < -0.39 is 17.6 Å². The van der Waals surface area contributed by atoms with Gasteiger partial charge in [-0.05, 0) is 60.1 Å². The molecule has 2 heterocycles. The van der Waals surface area contributed by atoms with Crippen molar-refractivity contribution in [2.24, 2.45) is 5.92 Å². The Balaban J connectivity index is 1.72. The zero-order chi connectivity index (χ0) is 24.9. The van der Waals surface area contributed by atoms with Crippen LogP contribution in [0.1, 0.15) is 37.8 Å². The van der Waals surface area contributed by atoms with Crippen molar-refractivity contribution < 1.29 is 18.7 Å². The molecule has 3 aromatic rings. The number of aromatic nitrogens is 1. The third kappa shape index (κ3) is 4.76. The second-order valence-corrected chi connectivity index (χ2v) is 11.9. The molecule has 2 unspecified atom stereocenters. The first-order valence-corrected chi connectivity index (χ1v) is 13.5. The number of aliphatic carboxylic acids is 1. The van der Waals surface area contributed by atoms with Gasteiger partial charge in [0.1, 0.15) is 0 Å². The minimum atomic E-state index is -0.923. The summed E-state index contributed by atoms with van der Waals surface area (Å²) in [6.45, 7) is 2.48. The number of halogens is 4. The lowest BCUT2D eigenvalue weighted by Crippen LogP contribution is -2.04. The molecule has 5 rings (SSSR count). The van der Waals surface area contributed by atoms with E-state index in [0.29, 0.717) is 28.3 Å². The number of benzene rings is 2. The molecule has 3 nitrogen and oxygen atoms in total. The second-order valence-electron chi connectivity index (χ2n) is 8.79. The highest BCUT2D eigenvalue weighted by molar-refractivity contribution is 8.03. The van der Waals surface area contributed by atoms with Crippen LogP contribution in [0.4, 0.5) is 8.78 Å². The molecule has 35 heavy (non-hydrogen) atoms. The fourth-order valence-corrected chi connectivity index (χ4v) is 7.47. The van der Waals surface area contributed by atoms with E-state index in [1.807, 2.05) is 31.2 Å². The maximum absolute atomic E-state index is 15.3. The molecule has 2 atom stereocenters. The maximum Gasteiger partial charge on any atom is 0.304 e. The van der Waals surface area contributed by atoms with Crippen molar-refractivity contribution in [3.63, 3.8) is 0 Å². The molecule has 2 aliphatic rings. The summed E-state index contributed by atoms with van der Waals surface area (Å²) in [6.07, 6.45) is 5.06. The minimum absolute atomic E-state index is 0.0607. The SMILES string of the molecule is CC1CC(Sc2c3n(c4c(F)c(F)cc(Sc5ccc(Cl)cc5)c24)CCC3CC(=O)O)=CC=C1Cl. The average molecular weight is 552 g/mol. The average Bonchev–Trinajstić information content (AvgIpc) is 3.35. The summed E-state index contributed by atoms with van der Waals surface area (Å²) in [5, 5.41) is 11.5. The molecule has 0 spiro atoms. The molecule has 1 aromatic heterocycles. The number of thioether (sulfide) groups is 1. The first-order valence-electron chi connectivity index (χ1n) is 11.2. The van der Waals surface area contributed by atoms with Crippen molar-refractivity contribution in [1.82, 2.24) is 4.57 Å². The van der Waals surface area contributed by atoms with Gasteiger partial charge in [-0.2, -0.15) is 0 Å². The third-order valence-corrected chi connectivity index (χ3v) is 9.35. The van der Waals surface area contributed by atoms with Gasteiger partial charge in [0, 0.05) is 48.3 Å². The molecule has 1 N–H and O–H groups in total. The number of fused-ring (bicyclic) bond motifs is 3. The molecule has 0 saturated heterocycles. The Morgan fingerprint density at radius 3 is 2.60 bits per heavy atom. The van der Waals surface area contributed by atoms with Gasteiger partial charge in [0.15, 0.2) is 11.6 Å². The van der Waals surface area contributed by atoms with Crippen molar-refractivity contribution in [3.8, 4) is 0 Å². The van der Waals surface area contributed by atoms with Gasteiger partial charge in [0.25, 0.3) is 0 Å². The van der Waals surface area contributed by atoms with Gasteiger partial charge < -0.3 is 9.67 Å². The number of nitrogens with zero attached hydrogens (tertiary/aromatic N) is 1. The van der Waals surface area contributed by atoms with Crippen LogP contribution in [0.15, 0.2) is 67.1 Å². The second kappa shape index (κ2) is 9.85. The molecule has 9 heteroatoms. The minimum Gasteiger partial charge on any atom is -0.481 e. The summed E-state index contributed by atoms with van der Waals surface area (Å²) >= 11 is 15.1. The Bertz CT molecular complexity index is 1400. The van der Waals surface area contributed by atoms with Gasteiger partial charge >= 0.3 is 5.97 Å². The standard InChI is InChI=1S/C26H21Cl2F2NO2S2/c1-13-10-17(6-7-18(13)28)35-26-22-20(34-16-4-2-15(27)3-5-16)12-19(29)23(30)25(22)31-9-8-14(24(26)31)11-21(32)33/h2-7,12-14H,8-11H2,1H3,(H,32,33). The number of rotatable bonds is 6. The van der Waals surface area contributed by atoms with Crippen LogP contribution in [-0.2, 0) is 11.3 Å². The van der Waals surface area contributed by atoms with Crippen molar-refractivity contribution in [2.75, 3.05) is 0 Å². The summed E-state index contributed by atoms with van der Waals surface area (Å²) in [5.41, 5.74) is 0.967. The van der Waals surface area contributed by atoms with Crippen LogP contribution in [0, 0.1) is 17.6 Å². The predicted octanol–water partition coefficient (Wildman–Crippen LogP) is 8.82. The number of hydrogen-bond acceptors (Lipinski definition) is 3. The molecular formula is C26H21Cl2F2NO2S2. The summed E-state index contributed by atoms with van der Waals surface area (Å²) in [6, 6.07) is 8.41. The topological polar surface area (TPSA) is 42.2 Å². The molecule has 1 aliphatic heterocycles. The third-order valence-electron chi connectivity index (χ3n) is 6.37. The lowest BCUT2D eigenvalue weighted by molar-refractivity contribution is -0.137. The Kier molecular flexibility index (Phi) is 6.96. The molecular weight excluding hydrogens is 531 g/mol. The van der Waals surface area contributed by atoms with E-state index in [4.69, 9.17) is 23.2 Å². The number of hydrogen-bond donors (Lipinski definition) is 1. The van der Waals surface area contributed by atoms with Crippen molar-refractivity contribution in [1.29, 1.82) is 0 Å². The first kappa shape index (κ1) is 24.8. The van der Waals surface area contributed by atoms with E-state index in [1.54, 1.807) is 16.7 Å². The highest BCUT2D eigenvalue weighted by atomic mass is 35.5. The van der Waals surface area contributed by atoms with Gasteiger partial charge in [0.2, 0.25) is 0 Å². The first-order chi connectivity index (χ1) is 16.7. The number of aryl methyl sites for hydroxylation is 1. The molecule has 182 valence electrons. The van der Waals surface area contributed by atoms with Crippen LogP contribution < -0.4 is 0 Å². The molecule has 2 aromatic carbocycles. The lowest BCUT2D eigenvalue weighted by atomic mass is 10.00. The van der Waals surface area contributed by atoms with E-state index in [1.165, 1.54) is 29.6 Å². The number of allylic oxidation sites excluding steroid dienone is 4. The zero-order valence-electron chi connectivity index (χ0n) is 18.7. The Hall–Kier alpha value is -1.93. The molecule has 1 aliphatic carbocycles. The normalized spacial score (nSPS) is 19.6. The van der Waals surface area contributed by atoms with Crippen molar-refractivity contribution >= 4 is 63.6 Å². The lowest BCUT2D eigenvalue weighted by Gasteiger charge is -2.19. The van der Waals surface area contributed by atoms with Gasteiger partial charge in [-0.3, -0.25) is 4.79 Å². The molecule has 0 saturated carbocycles. The van der Waals surface area contributed by atoms with Gasteiger partial charge in [0.05, 0.1) is 11.9 Å². The Morgan fingerprint density at radius 1 is 1.17 bits per heavy atom. The highest BCUT2D eigenvalue weighted by Gasteiger charge is 2.35. The smallest absolute Gasteiger partial charge is 0.304 e. The van der Waals surface area contributed by atoms with E-state index in [9.17, 15) is 14.3 Å². The molecule has 0 bridgehead atoms. The van der Waals surface area contributed by atoms with Crippen LogP contribution in [0.3, 0.4) is 0 Å². The quantitative estimate of drug-likeness (QED) is 0.332. The number of carbonyl (C=O) groups is 1. The van der Waals surface area contributed by atoms with E-state index in [2.05, 4.69) is 0 Å². The van der Waals surface area contributed by atoms with Crippen molar-refractivity contribution in [3.05, 3.63) is 74.8 Å². The molecule has 0 amide bonds. The van der Waals surface area contributed by atoms with E-state index >= 15 is 4.39 Å². The summed E-state index contributed by atoms with van der Waals surface area (Å²) in [5.74, 6) is -2.87. The van der Waals surface area contributed by atoms with Crippen LogP contribution in [0.2, 0.25) is 5.02 Å².